The Bertz CT molecular complexity index is 910. The topological polar surface area (TPSA) is 95.5 Å². The van der Waals surface area contributed by atoms with Gasteiger partial charge in [0.25, 0.3) is 0 Å². The first-order valence-electron chi connectivity index (χ1n) is 9.18. The summed E-state index contributed by atoms with van der Waals surface area (Å²) >= 11 is 0. The third kappa shape index (κ3) is 4.48. The van der Waals surface area contributed by atoms with Crippen molar-refractivity contribution in [3.05, 3.63) is 48.4 Å². The zero-order chi connectivity index (χ0) is 20.1. The molecule has 0 atom stereocenters. The van der Waals surface area contributed by atoms with Crippen LogP contribution in [0.25, 0.3) is 0 Å². The number of aromatic nitrogens is 2. The van der Waals surface area contributed by atoms with Crippen LogP contribution in [0.2, 0.25) is 0 Å². The van der Waals surface area contributed by atoms with Gasteiger partial charge in [-0.25, -0.2) is 13.4 Å². The highest BCUT2D eigenvalue weighted by molar-refractivity contribution is 7.89. The molecule has 9 heteroatoms. The summed E-state index contributed by atoms with van der Waals surface area (Å²) in [5.74, 6) is 0.576. The number of rotatable bonds is 6. The molecule has 1 aliphatic rings. The van der Waals surface area contributed by atoms with Crippen LogP contribution in [0.3, 0.4) is 0 Å². The molecule has 0 saturated carbocycles. The molecule has 2 aromatic rings. The minimum Gasteiger partial charge on any atom is -0.362 e. The van der Waals surface area contributed by atoms with Crippen molar-refractivity contribution in [3.8, 4) is 0 Å². The van der Waals surface area contributed by atoms with Crippen molar-refractivity contribution in [2.24, 2.45) is 5.92 Å². The second kappa shape index (κ2) is 8.66. The summed E-state index contributed by atoms with van der Waals surface area (Å²) in [6.07, 6.45) is 5.61. The number of hydrogen-bond acceptors (Lipinski definition) is 6. The zero-order valence-corrected chi connectivity index (χ0v) is 16.9. The molecule has 0 unspecified atom stereocenters. The number of carbonyl (C=O) groups is 1. The summed E-state index contributed by atoms with van der Waals surface area (Å²) in [6.45, 7) is 1.05. The van der Waals surface area contributed by atoms with E-state index in [1.807, 2.05) is 31.1 Å². The highest BCUT2D eigenvalue weighted by atomic mass is 32.2. The molecule has 3 rings (SSSR count). The number of nitrogens with zero attached hydrogens (tertiary/aromatic N) is 4. The van der Waals surface area contributed by atoms with Gasteiger partial charge < -0.3 is 10.2 Å². The fourth-order valence-corrected chi connectivity index (χ4v) is 4.74. The minimum absolute atomic E-state index is 0.0491. The number of anilines is 1. The van der Waals surface area contributed by atoms with Crippen LogP contribution in [0.5, 0.6) is 0 Å². The van der Waals surface area contributed by atoms with E-state index in [-0.39, 0.29) is 16.7 Å². The van der Waals surface area contributed by atoms with Gasteiger partial charge in [-0.2, -0.15) is 4.31 Å². The van der Waals surface area contributed by atoms with Crippen molar-refractivity contribution in [3.63, 3.8) is 0 Å². The first-order chi connectivity index (χ1) is 13.4. The number of piperidine rings is 1. The molecule has 1 amide bonds. The molecule has 0 aliphatic carbocycles. The SMILES string of the molecule is CN(C)c1ncccc1CNC(=O)C1CCN(S(=O)(=O)c2cccnc2)CC1. The Kier molecular flexibility index (Phi) is 6.25. The van der Waals surface area contributed by atoms with Crippen LogP contribution in [0, 0.1) is 5.92 Å². The lowest BCUT2D eigenvalue weighted by molar-refractivity contribution is -0.126. The Balaban J connectivity index is 1.56. The quantitative estimate of drug-likeness (QED) is 0.780. The van der Waals surface area contributed by atoms with Crippen LogP contribution < -0.4 is 10.2 Å². The van der Waals surface area contributed by atoms with E-state index < -0.39 is 10.0 Å². The van der Waals surface area contributed by atoms with E-state index in [9.17, 15) is 13.2 Å². The number of hydrogen-bond donors (Lipinski definition) is 1. The number of amides is 1. The average molecular weight is 404 g/mol. The molecule has 1 N–H and O–H groups in total. The van der Waals surface area contributed by atoms with Crippen molar-refractivity contribution in [1.82, 2.24) is 19.6 Å². The van der Waals surface area contributed by atoms with Gasteiger partial charge in [0, 0.05) is 63.8 Å². The normalized spacial score (nSPS) is 15.9. The van der Waals surface area contributed by atoms with Crippen LogP contribution in [-0.2, 0) is 21.4 Å². The van der Waals surface area contributed by atoms with Gasteiger partial charge in [-0.15, -0.1) is 0 Å². The van der Waals surface area contributed by atoms with E-state index in [2.05, 4.69) is 15.3 Å². The highest BCUT2D eigenvalue weighted by Gasteiger charge is 2.32. The fourth-order valence-electron chi connectivity index (χ4n) is 3.30. The molecule has 1 fully saturated rings. The smallest absolute Gasteiger partial charge is 0.244 e. The lowest BCUT2D eigenvalue weighted by atomic mass is 9.97. The molecule has 0 bridgehead atoms. The molecule has 1 aliphatic heterocycles. The van der Waals surface area contributed by atoms with Gasteiger partial charge in [0.2, 0.25) is 15.9 Å². The summed E-state index contributed by atoms with van der Waals surface area (Å²) in [5, 5.41) is 2.97. The Morgan fingerprint density at radius 1 is 1.21 bits per heavy atom. The van der Waals surface area contributed by atoms with Crippen molar-refractivity contribution in [2.45, 2.75) is 24.3 Å². The van der Waals surface area contributed by atoms with Gasteiger partial charge in [-0.3, -0.25) is 9.78 Å². The molecular formula is C19H25N5O3S. The molecule has 28 heavy (non-hydrogen) atoms. The second-order valence-corrected chi connectivity index (χ2v) is 8.90. The number of carbonyl (C=O) groups excluding carboxylic acids is 1. The fraction of sp³-hybridized carbons (Fsp3) is 0.421. The predicted octanol–water partition coefficient (Wildman–Crippen LogP) is 1.26. The van der Waals surface area contributed by atoms with Gasteiger partial charge in [-0.05, 0) is 31.0 Å². The molecule has 1 saturated heterocycles. The highest BCUT2D eigenvalue weighted by Crippen LogP contribution is 2.24. The number of sulfonamides is 1. The molecule has 0 aromatic carbocycles. The Labute approximate surface area is 165 Å². The van der Waals surface area contributed by atoms with E-state index in [1.165, 1.54) is 16.6 Å². The summed E-state index contributed by atoms with van der Waals surface area (Å²) < 4.78 is 26.7. The van der Waals surface area contributed by atoms with Gasteiger partial charge in [0.15, 0.2) is 0 Å². The Morgan fingerprint density at radius 3 is 2.57 bits per heavy atom. The molecule has 0 radical (unpaired) electrons. The van der Waals surface area contributed by atoms with Crippen molar-refractivity contribution < 1.29 is 13.2 Å². The summed E-state index contributed by atoms with van der Waals surface area (Å²) in [5.41, 5.74) is 0.942. The maximum absolute atomic E-state index is 12.6. The van der Waals surface area contributed by atoms with Crippen LogP contribution in [0.4, 0.5) is 5.82 Å². The van der Waals surface area contributed by atoms with Crippen molar-refractivity contribution in [2.75, 3.05) is 32.1 Å². The Hall–Kier alpha value is -2.52. The van der Waals surface area contributed by atoms with Gasteiger partial charge in [0.1, 0.15) is 10.7 Å². The van der Waals surface area contributed by atoms with E-state index in [4.69, 9.17) is 0 Å². The maximum atomic E-state index is 12.6. The van der Waals surface area contributed by atoms with E-state index in [0.29, 0.717) is 32.5 Å². The molecule has 0 spiro atoms. The standard InChI is InChI=1S/C19H25N5O3S/c1-23(2)18-16(5-3-10-21-18)13-22-19(25)15-7-11-24(12-8-15)28(26,27)17-6-4-9-20-14-17/h3-6,9-10,14-15H,7-8,11-13H2,1-2H3,(H,22,25). The van der Waals surface area contributed by atoms with Crippen LogP contribution >= 0.6 is 0 Å². The molecule has 8 nitrogen and oxygen atoms in total. The maximum Gasteiger partial charge on any atom is 0.244 e. The summed E-state index contributed by atoms with van der Waals surface area (Å²) in [7, 11) is 0.261. The lowest BCUT2D eigenvalue weighted by Gasteiger charge is -2.30. The van der Waals surface area contributed by atoms with E-state index >= 15 is 0 Å². The first kappa shape index (κ1) is 20.2. The summed E-state index contributed by atoms with van der Waals surface area (Å²) in [4.78, 5) is 22.9. The average Bonchev–Trinajstić information content (AvgIpc) is 2.73. The first-order valence-corrected chi connectivity index (χ1v) is 10.6. The van der Waals surface area contributed by atoms with Crippen molar-refractivity contribution in [1.29, 1.82) is 0 Å². The third-order valence-electron chi connectivity index (χ3n) is 4.84. The second-order valence-electron chi connectivity index (χ2n) is 6.97. The molecular weight excluding hydrogens is 378 g/mol. The number of pyridine rings is 2. The van der Waals surface area contributed by atoms with Crippen LogP contribution in [0.15, 0.2) is 47.8 Å². The third-order valence-corrected chi connectivity index (χ3v) is 6.72. The van der Waals surface area contributed by atoms with Gasteiger partial charge >= 0.3 is 0 Å². The zero-order valence-electron chi connectivity index (χ0n) is 16.1. The number of nitrogens with one attached hydrogen (secondary N) is 1. The Morgan fingerprint density at radius 2 is 1.93 bits per heavy atom. The van der Waals surface area contributed by atoms with E-state index in [0.717, 1.165) is 11.4 Å². The monoisotopic (exact) mass is 403 g/mol. The van der Waals surface area contributed by atoms with Crippen LogP contribution in [0.1, 0.15) is 18.4 Å². The van der Waals surface area contributed by atoms with Crippen LogP contribution in [-0.4, -0.2) is 55.8 Å². The van der Waals surface area contributed by atoms with Crippen molar-refractivity contribution >= 4 is 21.7 Å². The predicted molar refractivity (Wildman–Crippen MR) is 106 cm³/mol. The summed E-state index contributed by atoms with van der Waals surface area (Å²) in [6, 6.07) is 6.92. The van der Waals surface area contributed by atoms with Gasteiger partial charge in [-0.1, -0.05) is 6.07 Å². The minimum atomic E-state index is -3.56. The lowest BCUT2D eigenvalue weighted by Crippen LogP contribution is -2.42. The largest absolute Gasteiger partial charge is 0.362 e. The molecule has 2 aromatic heterocycles. The molecule has 3 heterocycles. The van der Waals surface area contributed by atoms with E-state index in [1.54, 1.807) is 18.5 Å². The van der Waals surface area contributed by atoms with Gasteiger partial charge in [0.05, 0.1) is 0 Å². The molecule has 150 valence electrons.